The molecule has 9 aromatic rings. The molecule has 0 atom stereocenters. The summed E-state index contributed by atoms with van der Waals surface area (Å²) in [5.41, 5.74) is 18.1. The van der Waals surface area contributed by atoms with E-state index in [1.54, 1.807) is 0 Å². The quantitative estimate of drug-likeness (QED) is 0.145. The van der Waals surface area contributed by atoms with Crippen LogP contribution in [0.15, 0.2) is 218 Å². The van der Waals surface area contributed by atoms with Gasteiger partial charge in [0.2, 0.25) is 0 Å². The van der Waals surface area contributed by atoms with Gasteiger partial charge < -0.3 is 0 Å². The average Bonchev–Trinajstić information content (AvgIpc) is 3.27. The average molecular weight is 756 g/mol. The van der Waals surface area contributed by atoms with Crippen LogP contribution in [-0.4, -0.2) is 0 Å². The second-order valence-corrected chi connectivity index (χ2v) is 14.8. The van der Waals surface area contributed by atoms with Crippen LogP contribution in [-0.2, 0) is 0 Å². The molecule has 0 unspecified atom stereocenters. The van der Waals surface area contributed by atoms with Crippen molar-refractivity contribution in [2.75, 3.05) is 0 Å². The first-order chi connectivity index (χ1) is 27.6. The van der Waals surface area contributed by atoms with Crippen LogP contribution in [0.3, 0.4) is 0 Å². The molecule has 2 heteroatoms. The van der Waals surface area contributed by atoms with E-state index in [0.717, 1.165) is 77.9 Å². The summed E-state index contributed by atoms with van der Waals surface area (Å²) in [4.78, 5) is 0. The largest absolute Gasteiger partial charge is 0.0843 e. The van der Waals surface area contributed by atoms with E-state index in [-0.39, 0.29) is 0 Å². The molecule has 9 aromatic carbocycles. The van der Waals surface area contributed by atoms with Crippen LogP contribution in [0.4, 0.5) is 0 Å². The highest BCUT2D eigenvalue weighted by molar-refractivity contribution is 6.31. The topological polar surface area (TPSA) is 0 Å². The van der Waals surface area contributed by atoms with Crippen molar-refractivity contribution in [3.8, 4) is 89.0 Å². The monoisotopic (exact) mass is 754 g/mol. The molecule has 0 saturated heterocycles. The minimum absolute atomic E-state index is 0.689. The molecule has 0 spiro atoms. The summed E-state index contributed by atoms with van der Waals surface area (Å²) in [6, 6.07) is 77.5. The molecule has 0 heterocycles. The van der Waals surface area contributed by atoms with Gasteiger partial charge in [-0.15, -0.1) is 0 Å². The molecule has 0 aromatic heterocycles. The Labute approximate surface area is 338 Å². The molecule has 0 radical (unpaired) electrons. The first-order valence-corrected chi connectivity index (χ1v) is 19.6. The Kier molecular flexibility index (Phi) is 9.91. The molecule has 0 amide bonds. The SMILES string of the molecule is Clc1ccc(-c2c(-c3ccc(Cl)cc3)c(-c3cccc(-c4ccccc4)c3)c(-c3ccccc3)c(-c3ccccc3)c2-c2cccc(-c3ccccc3)c2)cc1. The van der Waals surface area contributed by atoms with Crippen molar-refractivity contribution in [3.05, 3.63) is 228 Å². The molecule has 0 bridgehead atoms. The summed E-state index contributed by atoms with van der Waals surface area (Å²) >= 11 is 13.3. The van der Waals surface area contributed by atoms with Crippen molar-refractivity contribution in [1.29, 1.82) is 0 Å². The maximum absolute atomic E-state index is 6.64. The maximum Gasteiger partial charge on any atom is 0.0406 e. The lowest BCUT2D eigenvalue weighted by atomic mass is 9.74. The summed E-state index contributed by atoms with van der Waals surface area (Å²) in [5, 5.41) is 1.38. The Morgan fingerprint density at radius 1 is 0.179 bits per heavy atom. The second-order valence-electron chi connectivity index (χ2n) is 13.9. The van der Waals surface area contributed by atoms with E-state index in [2.05, 4.69) is 194 Å². The predicted molar refractivity (Wildman–Crippen MR) is 240 cm³/mol. The van der Waals surface area contributed by atoms with Gasteiger partial charge in [0, 0.05) is 10.0 Å². The van der Waals surface area contributed by atoms with E-state index in [4.69, 9.17) is 23.2 Å². The predicted octanol–water partition coefficient (Wildman–Crippen LogP) is 16.3. The first kappa shape index (κ1) is 35.3. The Morgan fingerprint density at radius 2 is 0.411 bits per heavy atom. The summed E-state index contributed by atoms with van der Waals surface area (Å²) in [7, 11) is 0. The molecule has 0 nitrogen and oxygen atoms in total. The number of benzene rings is 9. The molecular formula is C54H36Cl2. The van der Waals surface area contributed by atoms with E-state index in [0.29, 0.717) is 10.0 Å². The number of hydrogen-bond acceptors (Lipinski definition) is 0. The van der Waals surface area contributed by atoms with Crippen molar-refractivity contribution in [1.82, 2.24) is 0 Å². The zero-order valence-corrected chi connectivity index (χ0v) is 32.1. The lowest BCUT2D eigenvalue weighted by Gasteiger charge is -2.29. The Bertz CT molecular complexity index is 2560. The van der Waals surface area contributed by atoms with Crippen LogP contribution < -0.4 is 0 Å². The summed E-state index contributed by atoms with van der Waals surface area (Å²) in [6.45, 7) is 0. The third-order valence-electron chi connectivity index (χ3n) is 10.4. The van der Waals surface area contributed by atoms with Crippen LogP contribution in [0.25, 0.3) is 89.0 Å². The van der Waals surface area contributed by atoms with Gasteiger partial charge in [0.05, 0.1) is 0 Å². The molecule has 0 saturated carbocycles. The smallest absolute Gasteiger partial charge is 0.0406 e. The van der Waals surface area contributed by atoms with Crippen molar-refractivity contribution in [3.63, 3.8) is 0 Å². The Morgan fingerprint density at radius 3 is 0.732 bits per heavy atom. The molecule has 0 N–H and O–H groups in total. The van der Waals surface area contributed by atoms with Gasteiger partial charge >= 0.3 is 0 Å². The lowest BCUT2D eigenvalue weighted by molar-refractivity contribution is 1.51. The Balaban J connectivity index is 1.53. The highest BCUT2D eigenvalue weighted by Crippen LogP contribution is 2.56. The lowest BCUT2D eigenvalue weighted by Crippen LogP contribution is -2.02. The number of rotatable bonds is 8. The molecule has 266 valence electrons. The first-order valence-electron chi connectivity index (χ1n) is 18.8. The molecule has 56 heavy (non-hydrogen) atoms. The van der Waals surface area contributed by atoms with Crippen molar-refractivity contribution < 1.29 is 0 Å². The minimum atomic E-state index is 0.689. The van der Waals surface area contributed by atoms with E-state index >= 15 is 0 Å². The molecule has 0 aliphatic rings. The van der Waals surface area contributed by atoms with Gasteiger partial charge in [-0.1, -0.05) is 205 Å². The van der Waals surface area contributed by atoms with Crippen LogP contribution >= 0.6 is 23.2 Å². The maximum atomic E-state index is 6.64. The van der Waals surface area contributed by atoms with Gasteiger partial charge in [0.1, 0.15) is 0 Å². The highest BCUT2D eigenvalue weighted by atomic mass is 35.5. The standard InChI is InChI=1S/C54H36Cl2/c55-47-31-27-41(28-32-47)51-52(42-29-33-48(56)34-30-42)54(46-26-14-24-44(36-46)38-17-7-2-8-18-38)50(40-21-11-4-12-22-40)49(39-19-9-3-10-20-39)53(51)45-25-13-23-43(35-45)37-15-5-1-6-16-37/h1-36H. The highest BCUT2D eigenvalue weighted by Gasteiger charge is 2.29. The van der Waals surface area contributed by atoms with Gasteiger partial charge in [0.25, 0.3) is 0 Å². The van der Waals surface area contributed by atoms with Crippen molar-refractivity contribution in [2.24, 2.45) is 0 Å². The van der Waals surface area contributed by atoms with E-state index in [1.165, 1.54) is 11.1 Å². The molecule has 0 fully saturated rings. The van der Waals surface area contributed by atoms with Crippen molar-refractivity contribution >= 4 is 23.2 Å². The zero-order chi connectivity index (χ0) is 37.8. The summed E-state index contributed by atoms with van der Waals surface area (Å²) < 4.78 is 0. The van der Waals surface area contributed by atoms with Gasteiger partial charge in [-0.3, -0.25) is 0 Å². The van der Waals surface area contributed by atoms with E-state index in [1.807, 2.05) is 24.3 Å². The van der Waals surface area contributed by atoms with Crippen LogP contribution in [0.2, 0.25) is 10.0 Å². The van der Waals surface area contributed by atoms with Crippen molar-refractivity contribution in [2.45, 2.75) is 0 Å². The van der Waals surface area contributed by atoms with Gasteiger partial charge in [0.15, 0.2) is 0 Å². The third kappa shape index (κ3) is 6.98. The fourth-order valence-electron chi connectivity index (χ4n) is 7.89. The minimum Gasteiger partial charge on any atom is -0.0843 e. The molecule has 0 aliphatic carbocycles. The Hall–Kier alpha value is -6.44. The summed E-state index contributed by atoms with van der Waals surface area (Å²) in [6.07, 6.45) is 0. The van der Waals surface area contributed by atoms with Gasteiger partial charge in [-0.05, 0) is 125 Å². The second kappa shape index (κ2) is 15.7. The fraction of sp³-hybridized carbons (Fsp3) is 0. The molecule has 0 aliphatic heterocycles. The van der Waals surface area contributed by atoms with Crippen LogP contribution in [0, 0.1) is 0 Å². The van der Waals surface area contributed by atoms with E-state index in [9.17, 15) is 0 Å². The van der Waals surface area contributed by atoms with Gasteiger partial charge in [-0.2, -0.15) is 0 Å². The number of halogens is 2. The fourth-order valence-corrected chi connectivity index (χ4v) is 8.15. The van der Waals surface area contributed by atoms with Gasteiger partial charge in [-0.25, -0.2) is 0 Å². The third-order valence-corrected chi connectivity index (χ3v) is 10.9. The molecule has 9 rings (SSSR count). The van der Waals surface area contributed by atoms with E-state index < -0.39 is 0 Å². The van der Waals surface area contributed by atoms with Crippen LogP contribution in [0.5, 0.6) is 0 Å². The zero-order valence-electron chi connectivity index (χ0n) is 30.5. The number of hydrogen-bond donors (Lipinski definition) is 0. The van der Waals surface area contributed by atoms with Crippen LogP contribution in [0.1, 0.15) is 0 Å². The molecular weight excluding hydrogens is 719 g/mol. The summed E-state index contributed by atoms with van der Waals surface area (Å²) in [5.74, 6) is 0. The normalized spacial score (nSPS) is 11.0.